The third kappa shape index (κ3) is 4.13. The summed E-state index contributed by atoms with van der Waals surface area (Å²) in [5.41, 5.74) is 7.21. The zero-order valence-electron chi connectivity index (χ0n) is 13.3. The van der Waals surface area contributed by atoms with Gasteiger partial charge in [0, 0.05) is 12.4 Å². The van der Waals surface area contributed by atoms with Gasteiger partial charge in [-0.05, 0) is 24.5 Å². The molecule has 0 aliphatic carbocycles. The van der Waals surface area contributed by atoms with Crippen LogP contribution in [0, 0.1) is 0 Å². The molecule has 1 heterocycles. The molecular formula is C16H20N4O2S. The topological polar surface area (TPSA) is 90.0 Å². The number of imidazole rings is 1. The van der Waals surface area contributed by atoms with Crippen LogP contribution in [-0.4, -0.2) is 26.7 Å². The fourth-order valence-corrected chi connectivity index (χ4v) is 3.07. The number of nitrogens with zero attached hydrogens (tertiary/aromatic N) is 2. The number of thioether (sulfide) groups is 1. The maximum atomic E-state index is 11.8. The Morgan fingerprint density at radius 2 is 1.96 bits per heavy atom. The van der Waals surface area contributed by atoms with E-state index in [-0.39, 0.29) is 0 Å². The first-order chi connectivity index (χ1) is 10.9. The molecule has 2 aromatic rings. The van der Waals surface area contributed by atoms with E-state index in [0.717, 1.165) is 5.69 Å². The minimum absolute atomic E-state index is 0.363. The van der Waals surface area contributed by atoms with Gasteiger partial charge in [-0.25, -0.2) is 9.78 Å². The normalized spacial score (nSPS) is 12.2. The highest BCUT2D eigenvalue weighted by atomic mass is 32.2. The van der Waals surface area contributed by atoms with E-state index in [0.29, 0.717) is 11.1 Å². The van der Waals surface area contributed by atoms with Gasteiger partial charge < -0.3 is 5.73 Å². The lowest BCUT2D eigenvalue weighted by Crippen LogP contribution is -2.39. The Hall–Kier alpha value is -2.28. The van der Waals surface area contributed by atoms with Crippen molar-refractivity contribution >= 4 is 23.7 Å². The molecule has 1 aromatic heterocycles. The summed E-state index contributed by atoms with van der Waals surface area (Å²) in [5.74, 6) is -0.0729. The van der Waals surface area contributed by atoms with Gasteiger partial charge in [-0.2, -0.15) is 0 Å². The van der Waals surface area contributed by atoms with Gasteiger partial charge in [0.15, 0.2) is 5.16 Å². The van der Waals surface area contributed by atoms with Gasteiger partial charge in [0.2, 0.25) is 5.91 Å². The van der Waals surface area contributed by atoms with Crippen molar-refractivity contribution in [2.75, 3.05) is 0 Å². The molecule has 23 heavy (non-hydrogen) atoms. The fraction of sp³-hybridized carbons (Fsp3) is 0.312. The molecule has 6 nitrogen and oxygen atoms in total. The van der Waals surface area contributed by atoms with E-state index in [2.05, 4.69) is 30.2 Å². The zero-order valence-corrected chi connectivity index (χ0v) is 14.1. The van der Waals surface area contributed by atoms with Crippen LogP contribution in [0.25, 0.3) is 5.69 Å². The van der Waals surface area contributed by atoms with Crippen LogP contribution in [0.15, 0.2) is 41.8 Å². The monoisotopic (exact) mass is 332 g/mol. The van der Waals surface area contributed by atoms with E-state index in [1.165, 1.54) is 17.3 Å². The van der Waals surface area contributed by atoms with Gasteiger partial charge in [-0.15, -0.1) is 0 Å². The highest BCUT2D eigenvalue weighted by Gasteiger charge is 2.19. The zero-order chi connectivity index (χ0) is 17.0. The Balaban J connectivity index is 2.27. The second-order valence-corrected chi connectivity index (χ2v) is 6.71. The molecular weight excluding hydrogens is 312 g/mol. The Labute approximate surface area is 139 Å². The number of hydrogen-bond acceptors (Lipinski definition) is 4. The van der Waals surface area contributed by atoms with Gasteiger partial charge in [-0.1, -0.05) is 43.8 Å². The lowest BCUT2D eigenvalue weighted by Gasteiger charge is -2.16. The molecule has 2 rings (SSSR count). The number of amides is 3. The quantitative estimate of drug-likeness (QED) is 0.824. The number of imide groups is 1. The first kappa shape index (κ1) is 17.1. The number of urea groups is 1. The number of carbonyl (C=O) groups excluding carboxylic acids is 2. The third-order valence-electron chi connectivity index (χ3n) is 3.32. The largest absolute Gasteiger partial charge is 0.351 e. The number of aromatic nitrogens is 2. The SMILES string of the molecule is CC(C)c1ccccc1-n1ccnc1S[C@@H](C)C(=O)NC(N)=O. The molecule has 0 aliphatic heterocycles. The van der Waals surface area contributed by atoms with Crippen molar-refractivity contribution in [3.63, 3.8) is 0 Å². The fourth-order valence-electron chi connectivity index (χ4n) is 2.19. The number of primary amides is 1. The number of nitrogens with two attached hydrogens (primary N) is 1. The Kier molecular flexibility index (Phi) is 5.44. The average molecular weight is 332 g/mol. The summed E-state index contributed by atoms with van der Waals surface area (Å²) in [6.07, 6.45) is 3.56. The summed E-state index contributed by atoms with van der Waals surface area (Å²) in [7, 11) is 0. The molecule has 0 spiro atoms. The smallest absolute Gasteiger partial charge is 0.318 e. The predicted molar refractivity (Wildman–Crippen MR) is 90.7 cm³/mol. The van der Waals surface area contributed by atoms with E-state index in [1.54, 1.807) is 13.1 Å². The number of carbonyl (C=O) groups is 2. The van der Waals surface area contributed by atoms with Crippen molar-refractivity contribution in [1.82, 2.24) is 14.9 Å². The van der Waals surface area contributed by atoms with Gasteiger partial charge >= 0.3 is 6.03 Å². The van der Waals surface area contributed by atoms with Crippen molar-refractivity contribution in [2.45, 2.75) is 37.1 Å². The standard InChI is InChI=1S/C16H20N4O2S/c1-10(2)12-6-4-5-7-13(12)20-9-8-18-16(20)23-11(3)14(21)19-15(17)22/h4-11H,1-3H3,(H3,17,19,21,22)/t11-/m0/s1. The van der Waals surface area contributed by atoms with Gasteiger partial charge in [-0.3, -0.25) is 14.7 Å². The lowest BCUT2D eigenvalue weighted by atomic mass is 10.0. The maximum absolute atomic E-state index is 11.8. The molecule has 0 radical (unpaired) electrons. The van der Waals surface area contributed by atoms with Crippen LogP contribution in [-0.2, 0) is 4.79 Å². The van der Waals surface area contributed by atoms with Crippen LogP contribution in [0.1, 0.15) is 32.3 Å². The number of rotatable bonds is 5. The van der Waals surface area contributed by atoms with Crippen LogP contribution in [0.3, 0.4) is 0 Å². The Bertz CT molecular complexity index is 712. The molecule has 0 saturated heterocycles. The highest BCUT2D eigenvalue weighted by molar-refractivity contribution is 8.00. The summed E-state index contributed by atoms with van der Waals surface area (Å²) in [6.45, 7) is 5.97. The molecule has 7 heteroatoms. The molecule has 3 amide bonds. The maximum Gasteiger partial charge on any atom is 0.318 e. The van der Waals surface area contributed by atoms with Gasteiger partial charge in [0.05, 0.1) is 10.9 Å². The molecule has 3 N–H and O–H groups in total. The molecule has 1 aromatic carbocycles. The molecule has 0 fully saturated rings. The lowest BCUT2D eigenvalue weighted by molar-refractivity contribution is -0.119. The summed E-state index contributed by atoms with van der Waals surface area (Å²) in [5, 5.41) is 2.28. The van der Waals surface area contributed by atoms with Crippen molar-refractivity contribution in [3.8, 4) is 5.69 Å². The third-order valence-corrected chi connectivity index (χ3v) is 4.40. The average Bonchev–Trinajstić information content (AvgIpc) is 2.94. The van der Waals surface area contributed by atoms with Gasteiger partial charge in [0.1, 0.15) is 0 Å². The summed E-state index contributed by atoms with van der Waals surface area (Å²) >= 11 is 1.27. The van der Waals surface area contributed by atoms with Crippen molar-refractivity contribution in [3.05, 3.63) is 42.2 Å². The van der Waals surface area contributed by atoms with Crippen molar-refractivity contribution in [2.24, 2.45) is 5.73 Å². The molecule has 1 atom stereocenters. The molecule has 0 saturated carbocycles. The summed E-state index contributed by atoms with van der Waals surface area (Å²) in [6, 6.07) is 7.23. The molecule has 122 valence electrons. The second-order valence-electron chi connectivity index (χ2n) is 5.41. The molecule has 0 unspecified atom stereocenters. The van der Waals surface area contributed by atoms with Crippen LogP contribution < -0.4 is 11.1 Å². The van der Waals surface area contributed by atoms with Gasteiger partial charge in [0.25, 0.3) is 0 Å². The number of nitrogens with one attached hydrogen (secondary N) is 1. The van der Waals surface area contributed by atoms with Crippen molar-refractivity contribution < 1.29 is 9.59 Å². The Morgan fingerprint density at radius 3 is 2.61 bits per heavy atom. The van der Waals surface area contributed by atoms with Crippen LogP contribution >= 0.6 is 11.8 Å². The minimum atomic E-state index is -0.851. The second kappa shape index (κ2) is 7.32. The van der Waals surface area contributed by atoms with E-state index < -0.39 is 17.2 Å². The Morgan fingerprint density at radius 1 is 1.26 bits per heavy atom. The molecule has 0 bridgehead atoms. The minimum Gasteiger partial charge on any atom is -0.351 e. The highest BCUT2D eigenvalue weighted by Crippen LogP contribution is 2.29. The number of para-hydroxylation sites is 1. The van der Waals surface area contributed by atoms with Crippen molar-refractivity contribution in [1.29, 1.82) is 0 Å². The van der Waals surface area contributed by atoms with Crippen LogP contribution in [0.2, 0.25) is 0 Å². The van der Waals surface area contributed by atoms with E-state index in [1.807, 2.05) is 29.0 Å². The molecule has 0 aliphatic rings. The van der Waals surface area contributed by atoms with Crippen LogP contribution in [0.5, 0.6) is 0 Å². The summed E-state index contributed by atoms with van der Waals surface area (Å²) in [4.78, 5) is 26.9. The number of benzene rings is 1. The van der Waals surface area contributed by atoms with Crippen LogP contribution in [0.4, 0.5) is 4.79 Å². The number of hydrogen-bond donors (Lipinski definition) is 2. The van der Waals surface area contributed by atoms with E-state index >= 15 is 0 Å². The van der Waals surface area contributed by atoms with E-state index in [9.17, 15) is 9.59 Å². The first-order valence-corrected chi connectivity index (χ1v) is 8.17. The summed E-state index contributed by atoms with van der Waals surface area (Å²) < 4.78 is 1.95. The first-order valence-electron chi connectivity index (χ1n) is 7.29. The predicted octanol–water partition coefficient (Wildman–Crippen LogP) is 2.67. The van der Waals surface area contributed by atoms with E-state index in [4.69, 9.17) is 5.73 Å².